The average Bonchev–Trinajstić information content (AvgIpc) is 2.04. The molecular weight excluding hydrogens is 170 g/mol. The summed E-state index contributed by atoms with van der Waals surface area (Å²) in [5.41, 5.74) is 12.3. The maximum Gasteiger partial charge on any atom is 0.269 e. The van der Waals surface area contributed by atoms with Crippen LogP contribution in [0.5, 0.6) is 0 Å². The zero-order valence-electron chi connectivity index (χ0n) is 7.23. The maximum absolute atomic E-state index is 10.4. The fourth-order valence-electron chi connectivity index (χ4n) is 1.07. The zero-order chi connectivity index (χ0) is 10.0. The minimum absolute atomic E-state index is 0.0153. The first-order valence-electron chi connectivity index (χ1n) is 3.81. The summed E-state index contributed by atoms with van der Waals surface area (Å²) in [6.07, 6.45) is 0. The number of hydrogen-bond acceptors (Lipinski definition) is 4. The van der Waals surface area contributed by atoms with E-state index in [-0.39, 0.29) is 11.7 Å². The van der Waals surface area contributed by atoms with Gasteiger partial charge in [-0.05, 0) is 18.6 Å². The molecule has 0 heterocycles. The number of nitro benzene ring substituents is 1. The van der Waals surface area contributed by atoms with E-state index in [9.17, 15) is 10.1 Å². The summed E-state index contributed by atoms with van der Waals surface area (Å²) in [6.45, 7) is 1.73. The van der Waals surface area contributed by atoms with E-state index in [0.29, 0.717) is 11.3 Å². The zero-order valence-corrected chi connectivity index (χ0v) is 7.23. The molecule has 13 heavy (non-hydrogen) atoms. The second-order valence-corrected chi connectivity index (χ2v) is 2.86. The topological polar surface area (TPSA) is 95.2 Å². The van der Waals surface area contributed by atoms with Crippen LogP contribution < -0.4 is 11.5 Å². The highest BCUT2D eigenvalue weighted by molar-refractivity contribution is 5.53. The van der Waals surface area contributed by atoms with E-state index in [1.807, 2.05) is 0 Å². The fraction of sp³-hybridized carbons (Fsp3) is 0.250. The molecular formula is C8H11N3O2. The molecule has 1 unspecified atom stereocenters. The molecule has 0 saturated heterocycles. The van der Waals surface area contributed by atoms with Gasteiger partial charge in [-0.3, -0.25) is 10.1 Å². The predicted octanol–water partition coefficient (Wildman–Crippen LogP) is 1.20. The molecule has 5 heteroatoms. The van der Waals surface area contributed by atoms with Gasteiger partial charge in [-0.2, -0.15) is 0 Å². The average molecular weight is 181 g/mol. The Labute approximate surface area is 75.5 Å². The van der Waals surface area contributed by atoms with Crippen molar-refractivity contribution in [2.45, 2.75) is 13.0 Å². The van der Waals surface area contributed by atoms with Crippen molar-refractivity contribution in [3.05, 3.63) is 33.9 Å². The number of nitro groups is 1. The first-order valence-corrected chi connectivity index (χ1v) is 3.81. The van der Waals surface area contributed by atoms with Gasteiger partial charge in [-0.15, -0.1) is 0 Å². The van der Waals surface area contributed by atoms with Crippen molar-refractivity contribution in [1.29, 1.82) is 0 Å². The molecule has 1 rings (SSSR count). The summed E-state index contributed by atoms with van der Waals surface area (Å²) in [5, 5.41) is 10.4. The van der Waals surface area contributed by atoms with Gasteiger partial charge in [0.1, 0.15) is 0 Å². The smallest absolute Gasteiger partial charge is 0.269 e. The molecule has 0 saturated carbocycles. The molecule has 4 N–H and O–H groups in total. The molecule has 0 aromatic heterocycles. The van der Waals surface area contributed by atoms with Gasteiger partial charge in [0.2, 0.25) is 0 Å². The molecule has 1 aromatic rings. The quantitative estimate of drug-likeness (QED) is 0.407. The van der Waals surface area contributed by atoms with E-state index in [4.69, 9.17) is 11.5 Å². The van der Waals surface area contributed by atoms with Crippen LogP contribution in [0.3, 0.4) is 0 Å². The fourth-order valence-corrected chi connectivity index (χ4v) is 1.07. The molecule has 0 aliphatic carbocycles. The molecule has 0 fully saturated rings. The highest BCUT2D eigenvalue weighted by atomic mass is 16.6. The van der Waals surface area contributed by atoms with Gasteiger partial charge in [-0.25, -0.2) is 0 Å². The molecule has 0 radical (unpaired) electrons. The lowest BCUT2D eigenvalue weighted by Gasteiger charge is -2.08. The number of non-ortho nitro benzene ring substituents is 1. The van der Waals surface area contributed by atoms with Crippen molar-refractivity contribution in [2.24, 2.45) is 5.73 Å². The number of benzene rings is 1. The third kappa shape index (κ3) is 1.94. The number of nitrogen functional groups attached to an aromatic ring is 1. The second kappa shape index (κ2) is 3.40. The summed E-state index contributed by atoms with van der Waals surface area (Å²) < 4.78 is 0. The van der Waals surface area contributed by atoms with Crippen LogP contribution in [0.15, 0.2) is 18.2 Å². The van der Waals surface area contributed by atoms with Crippen LogP contribution in [-0.4, -0.2) is 4.92 Å². The minimum Gasteiger partial charge on any atom is -0.398 e. The van der Waals surface area contributed by atoms with E-state index in [1.165, 1.54) is 18.2 Å². The van der Waals surface area contributed by atoms with Gasteiger partial charge in [-0.1, -0.05) is 0 Å². The van der Waals surface area contributed by atoms with Crippen LogP contribution in [0, 0.1) is 10.1 Å². The number of rotatable bonds is 2. The van der Waals surface area contributed by atoms with E-state index >= 15 is 0 Å². The van der Waals surface area contributed by atoms with E-state index in [2.05, 4.69) is 0 Å². The Balaban J connectivity index is 3.19. The Morgan fingerprint density at radius 2 is 2.15 bits per heavy atom. The highest BCUT2D eigenvalue weighted by Gasteiger charge is 2.11. The van der Waals surface area contributed by atoms with Gasteiger partial charge in [0.05, 0.1) is 4.92 Å². The number of nitrogens with two attached hydrogens (primary N) is 2. The van der Waals surface area contributed by atoms with Gasteiger partial charge in [0.25, 0.3) is 5.69 Å². The molecule has 5 nitrogen and oxygen atoms in total. The molecule has 0 aliphatic rings. The Hall–Kier alpha value is -1.62. The summed E-state index contributed by atoms with van der Waals surface area (Å²) in [7, 11) is 0. The molecule has 1 aromatic carbocycles. The summed E-state index contributed by atoms with van der Waals surface area (Å²) in [5.74, 6) is 0. The molecule has 70 valence electrons. The largest absolute Gasteiger partial charge is 0.398 e. The summed E-state index contributed by atoms with van der Waals surface area (Å²) >= 11 is 0. The van der Waals surface area contributed by atoms with Crippen molar-refractivity contribution in [1.82, 2.24) is 0 Å². The van der Waals surface area contributed by atoms with E-state index < -0.39 is 4.92 Å². The van der Waals surface area contributed by atoms with Gasteiger partial charge in [0, 0.05) is 23.9 Å². The van der Waals surface area contributed by atoms with Crippen molar-refractivity contribution in [3.63, 3.8) is 0 Å². The van der Waals surface area contributed by atoms with Crippen molar-refractivity contribution in [3.8, 4) is 0 Å². The van der Waals surface area contributed by atoms with Crippen LogP contribution in [0.25, 0.3) is 0 Å². The number of nitrogens with zero attached hydrogens (tertiary/aromatic N) is 1. The maximum atomic E-state index is 10.4. The Morgan fingerprint density at radius 1 is 1.54 bits per heavy atom. The third-order valence-electron chi connectivity index (χ3n) is 1.77. The monoisotopic (exact) mass is 181 g/mol. The van der Waals surface area contributed by atoms with Crippen molar-refractivity contribution in [2.75, 3.05) is 5.73 Å². The van der Waals surface area contributed by atoms with Gasteiger partial charge >= 0.3 is 0 Å². The highest BCUT2D eigenvalue weighted by Crippen LogP contribution is 2.23. The van der Waals surface area contributed by atoms with Crippen LogP contribution in [-0.2, 0) is 0 Å². The van der Waals surface area contributed by atoms with Gasteiger partial charge in [0.15, 0.2) is 0 Å². The lowest BCUT2D eigenvalue weighted by atomic mass is 10.1. The van der Waals surface area contributed by atoms with Crippen molar-refractivity contribution < 1.29 is 4.92 Å². The Kier molecular flexibility index (Phi) is 2.48. The van der Waals surface area contributed by atoms with Crippen molar-refractivity contribution >= 4 is 11.4 Å². The predicted molar refractivity (Wildman–Crippen MR) is 50.1 cm³/mol. The molecule has 0 spiro atoms. The summed E-state index contributed by atoms with van der Waals surface area (Å²) in [4.78, 5) is 9.94. The van der Waals surface area contributed by atoms with Gasteiger partial charge < -0.3 is 11.5 Å². The van der Waals surface area contributed by atoms with E-state index in [0.717, 1.165) is 0 Å². The minimum atomic E-state index is -0.467. The molecule has 0 aliphatic heterocycles. The lowest BCUT2D eigenvalue weighted by Crippen LogP contribution is -2.08. The second-order valence-electron chi connectivity index (χ2n) is 2.86. The Morgan fingerprint density at radius 3 is 2.62 bits per heavy atom. The van der Waals surface area contributed by atoms with Crippen LogP contribution in [0.2, 0.25) is 0 Å². The van der Waals surface area contributed by atoms with Crippen LogP contribution in [0.4, 0.5) is 11.4 Å². The molecule has 1 atom stereocenters. The summed E-state index contributed by atoms with van der Waals surface area (Å²) in [6, 6.07) is 3.97. The first-order chi connectivity index (χ1) is 6.02. The van der Waals surface area contributed by atoms with Crippen LogP contribution in [0.1, 0.15) is 18.5 Å². The van der Waals surface area contributed by atoms with Crippen LogP contribution >= 0.6 is 0 Å². The normalized spacial score (nSPS) is 12.5. The molecule has 0 amide bonds. The standard InChI is InChI=1S/C8H11N3O2/c1-5(9)7-4-6(11(12)13)2-3-8(7)10/h2-5H,9-10H2,1H3. The number of hydrogen-bond donors (Lipinski definition) is 2. The SMILES string of the molecule is CC(N)c1cc([N+](=O)[O-])ccc1N. The molecule has 0 bridgehead atoms. The third-order valence-corrected chi connectivity index (χ3v) is 1.77. The number of anilines is 1. The Bertz CT molecular complexity index is 336. The van der Waals surface area contributed by atoms with E-state index in [1.54, 1.807) is 6.92 Å². The lowest BCUT2D eigenvalue weighted by molar-refractivity contribution is -0.384. The first kappa shape index (κ1) is 9.47.